The second-order valence-electron chi connectivity index (χ2n) is 7.19. The van der Waals surface area contributed by atoms with Crippen molar-refractivity contribution in [2.45, 2.75) is 12.6 Å². The first kappa shape index (κ1) is 23.3. The van der Waals surface area contributed by atoms with Crippen LogP contribution in [0.25, 0.3) is 0 Å². The first-order valence-electron chi connectivity index (χ1n) is 9.87. The van der Waals surface area contributed by atoms with E-state index < -0.39 is 0 Å². The summed E-state index contributed by atoms with van der Waals surface area (Å²) in [5.74, 6) is 3.13. The lowest BCUT2D eigenvalue weighted by molar-refractivity contribution is 0.293. The summed E-state index contributed by atoms with van der Waals surface area (Å²) in [6.45, 7) is 1.37. The Labute approximate surface area is 180 Å². The Morgan fingerprint density at radius 2 is 1.60 bits per heavy atom. The summed E-state index contributed by atoms with van der Waals surface area (Å²) in [6.07, 6.45) is 0. The van der Waals surface area contributed by atoms with Gasteiger partial charge < -0.3 is 29.3 Å². The fraction of sp³-hybridized carbons (Fsp3) is 0.435. The molecule has 0 radical (unpaired) electrons. The number of nitrogens with one attached hydrogen (secondary N) is 1. The minimum Gasteiger partial charge on any atom is -0.496 e. The Bertz CT molecular complexity index is 839. The average Bonchev–Trinajstić information content (AvgIpc) is 2.76. The average molecular weight is 415 g/mol. The summed E-state index contributed by atoms with van der Waals surface area (Å²) in [5, 5.41) is 3.49. The van der Waals surface area contributed by atoms with Gasteiger partial charge in [0.05, 0.1) is 27.4 Å². The molecule has 0 heterocycles. The van der Waals surface area contributed by atoms with E-state index in [9.17, 15) is 0 Å². The number of guanidine groups is 1. The predicted octanol–water partition coefficient (Wildman–Crippen LogP) is 3.02. The van der Waals surface area contributed by atoms with E-state index >= 15 is 0 Å². The zero-order valence-electron chi connectivity index (χ0n) is 19.1. The third-order valence-electron chi connectivity index (χ3n) is 5.04. The highest BCUT2D eigenvalue weighted by atomic mass is 16.5. The topological polar surface area (TPSA) is 58.6 Å². The van der Waals surface area contributed by atoms with Crippen LogP contribution in [0.4, 0.5) is 0 Å². The molecule has 164 valence electrons. The molecule has 0 aliphatic heterocycles. The van der Waals surface area contributed by atoms with Gasteiger partial charge in [0.2, 0.25) is 0 Å². The van der Waals surface area contributed by atoms with Crippen molar-refractivity contribution >= 4 is 5.96 Å². The van der Waals surface area contributed by atoms with Gasteiger partial charge in [-0.1, -0.05) is 24.3 Å². The third kappa shape index (κ3) is 5.79. The standard InChI is InChI=1S/C23H34N4O3/c1-24-23(27(4)16-18-10-8-9-11-20(18)28-5)25-15-19(26(2)3)17-12-13-21(29-6)22(14-17)30-7/h8-14,19H,15-16H2,1-7H3,(H,24,25). The third-order valence-corrected chi connectivity index (χ3v) is 5.04. The van der Waals surface area contributed by atoms with Crippen LogP contribution in [0.3, 0.4) is 0 Å². The molecule has 0 fully saturated rings. The van der Waals surface area contributed by atoms with Gasteiger partial charge in [-0.2, -0.15) is 0 Å². The van der Waals surface area contributed by atoms with Gasteiger partial charge in [-0.3, -0.25) is 4.99 Å². The van der Waals surface area contributed by atoms with Gasteiger partial charge in [0, 0.05) is 32.7 Å². The number of nitrogens with zero attached hydrogens (tertiary/aromatic N) is 3. The van der Waals surface area contributed by atoms with Gasteiger partial charge >= 0.3 is 0 Å². The number of likely N-dealkylation sites (N-methyl/N-ethyl adjacent to an activating group) is 1. The Balaban J connectivity index is 2.12. The highest BCUT2D eigenvalue weighted by Gasteiger charge is 2.18. The first-order chi connectivity index (χ1) is 14.4. The normalized spacial score (nSPS) is 12.5. The largest absolute Gasteiger partial charge is 0.496 e. The lowest BCUT2D eigenvalue weighted by Gasteiger charge is -2.29. The molecule has 1 N–H and O–H groups in total. The van der Waals surface area contributed by atoms with Crippen LogP contribution in [-0.4, -0.2) is 71.8 Å². The van der Waals surface area contributed by atoms with Crippen LogP contribution in [0.2, 0.25) is 0 Å². The molecule has 2 aromatic carbocycles. The molecule has 0 aromatic heterocycles. The van der Waals surface area contributed by atoms with E-state index in [1.165, 1.54) is 0 Å². The number of methoxy groups -OCH3 is 3. The van der Waals surface area contributed by atoms with E-state index in [2.05, 4.69) is 46.3 Å². The Morgan fingerprint density at radius 1 is 0.933 bits per heavy atom. The fourth-order valence-electron chi connectivity index (χ4n) is 3.40. The molecule has 0 saturated heterocycles. The number of aliphatic imine (C=N–C) groups is 1. The summed E-state index contributed by atoms with van der Waals surface area (Å²) in [5.41, 5.74) is 2.24. The molecule has 1 unspecified atom stereocenters. The van der Waals surface area contributed by atoms with E-state index in [0.717, 1.165) is 34.3 Å². The number of hydrogen-bond donors (Lipinski definition) is 1. The van der Waals surface area contributed by atoms with Gasteiger partial charge in [-0.15, -0.1) is 0 Å². The molecule has 0 spiro atoms. The van der Waals surface area contributed by atoms with Gasteiger partial charge in [0.25, 0.3) is 0 Å². The number of ether oxygens (including phenoxy) is 3. The van der Waals surface area contributed by atoms with E-state index in [1.807, 2.05) is 37.4 Å². The van der Waals surface area contributed by atoms with Crippen molar-refractivity contribution < 1.29 is 14.2 Å². The Morgan fingerprint density at radius 3 is 2.20 bits per heavy atom. The molecule has 0 aliphatic rings. The van der Waals surface area contributed by atoms with Gasteiger partial charge in [-0.05, 0) is 37.9 Å². The van der Waals surface area contributed by atoms with Crippen molar-refractivity contribution in [3.8, 4) is 17.2 Å². The lowest BCUT2D eigenvalue weighted by Crippen LogP contribution is -2.42. The molecule has 1 atom stereocenters. The number of hydrogen-bond acceptors (Lipinski definition) is 5. The maximum absolute atomic E-state index is 5.47. The van der Waals surface area contributed by atoms with Crippen molar-refractivity contribution in [2.24, 2.45) is 4.99 Å². The van der Waals surface area contributed by atoms with Crippen molar-refractivity contribution in [3.05, 3.63) is 53.6 Å². The van der Waals surface area contributed by atoms with Crippen LogP contribution in [0, 0.1) is 0 Å². The zero-order valence-corrected chi connectivity index (χ0v) is 19.1. The molecule has 7 nitrogen and oxygen atoms in total. The molecule has 7 heteroatoms. The summed E-state index contributed by atoms with van der Waals surface area (Å²) >= 11 is 0. The highest BCUT2D eigenvalue weighted by Crippen LogP contribution is 2.31. The van der Waals surface area contributed by atoms with Gasteiger partial charge in [0.15, 0.2) is 17.5 Å². The molecule has 0 aliphatic carbocycles. The lowest BCUT2D eigenvalue weighted by atomic mass is 10.1. The van der Waals surface area contributed by atoms with Crippen molar-refractivity contribution in [1.29, 1.82) is 0 Å². The molecule has 0 saturated carbocycles. The molecular weight excluding hydrogens is 380 g/mol. The van der Waals surface area contributed by atoms with E-state index in [-0.39, 0.29) is 6.04 Å². The Hall–Kier alpha value is -2.93. The number of rotatable bonds is 9. The predicted molar refractivity (Wildman–Crippen MR) is 122 cm³/mol. The fourth-order valence-corrected chi connectivity index (χ4v) is 3.40. The van der Waals surface area contributed by atoms with E-state index in [4.69, 9.17) is 14.2 Å². The van der Waals surface area contributed by atoms with Crippen LogP contribution in [0.15, 0.2) is 47.5 Å². The van der Waals surface area contributed by atoms with Gasteiger partial charge in [-0.25, -0.2) is 0 Å². The molecule has 2 aromatic rings. The smallest absolute Gasteiger partial charge is 0.193 e. The van der Waals surface area contributed by atoms with Crippen LogP contribution < -0.4 is 19.5 Å². The van der Waals surface area contributed by atoms with E-state index in [1.54, 1.807) is 28.4 Å². The minimum atomic E-state index is 0.126. The highest BCUT2D eigenvalue weighted by molar-refractivity contribution is 5.79. The van der Waals surface area contributed by atoms with Crippen LogP contribution in [-0.2, 0) is 6.54 Å². The number of para-hydroxylation sites is 1. The molecule has 0 amide bonds. The summed E-state index contributed by atoms with van der Waals surface area (Å²) in [6, 6.07) is 14.2. The molecule has 2 rings (SSSR count). The van der Waals surface area contributed by atoms with E-state index in [0.29, 0.717) is 13.1 Å². The molecular formula is C23H34N4O3. The SMILES string of the molecule is CN=C(NCC(c1ccc(OC)c(OC)c1)N(C)C)N(C)Cc1ccccc1OC. The van der Waals surface area contributed by atoms with Crippen molar-refractivity contribution in [3.63, 3.8) is 0 Å². The first-order valence-corrected chi connectivity index (χ1v) is 9.87. The quantitative estimate of drug-likeness (QED) is 0.503. The van der Waals surface area contributed by atoms with Crippen LogP contribution in [0.5, 0.6) is 17.2 Å². The zero-order chi connectivity index (χ0) is 22.1. The summed E-state index contributed by atoms with van der Waals surface area (Å²) < 4.78 is 16.3. The van der Waals surface area contributed by atoms with Crippen LogP contribution >= 0.6 is 0 Å². The van der Waals surface area contributed by atoms with Crippen LogP contribution in [0.1, 0.15) is 17.2 Å². The molecule has 30 heavy (non-hydrogen) atoms. The second kappa shape index (κ2) is 11.3. The van der Waals surface area contributed by atoms with Gasteiger partial charge in [0.1, 0.15) is 5.75 Å². The minimum absolute atomic E-state index is 0.126. The van der Waals surface area contributed by atoms with Crippen molar-refractivity contribution in [1.82, 2.24) is 15.1 Å². The maximum Gasteiger partial charge on any atom is 0.193 e. The van der Waals surface area contributed by atoms with Crippen molar-refractivity contribution in [2.75, 3.05) is 56.1 Å². The molecule has 0 bridgehead atoms. The second-order valence-corrected chi connectivity index (χ2v) is 7.19. The Kier molecular flexibility index (Phi) is 8.80. The summed E-state index contributed by atoms with van der Waals surface area (Å²) in [4.78, 5) is 8.70. The number of benzene rings is 2. The monoisotopic (exact) mass is 414 g/mol. The summed E-state index contributed by atoms with van der Waals surface area (Å²) in [7, 11) is 12.9. The maximum atomic E-state index is 5.47.